The van der Waals surface area contributed by atoms with Crippen molar-refractivity contribution < 1.29 is 14.4 Å². The van der Waals surface area contributed by atoms with Crippen molar-refractivity contribution in [1.29, 1.82) is 0 Å². The summed E-state index contributed by atoms with van der Waals surface area (Å²) >= 11 is 1.93. The van der Waals surface area contributed by atoms with Crippen LogP contribution in [0.1, 0.15) is 0 Å². The molecule has 0 radical (unpaired) electrons. The Morgan fingerprint density at radius 3 is 2.10 bits per heavy atom. The fourth-order valence-electron chi connectivity index (χ4n) is 0.438. The van der Waals surface area contributed by atoms with E-state index in [1.54, 1.807) is 0 Å². The van der Waals surface area contributed by atoms with Crippen molar-refractivity contribution in [3.05, 3.63) is 5.53 Å². The SMILES string of the molecule is [N-]=[N+]=C1C(=O)SCSC1=O. The van der Waals surface area contributed by atoms with Gasteiger partial charge in [-0.15, -0.1) is 0 Å². The first kappa shape index (κ1) is 7.53. The Bertz CT molecular complexity index is 226. The number of hydrogen-bond donors (Lipinski definition) is 0. The summed E-state index contributed by atoms with van der Waals surface area (Å²) in [5.41, 5.74) is 7.79. The molecule has 1 saturated heterocycles. The Hall–Kier alpha value is -0.580. The Morgan fingerprint density at radius 1 is 1.30 bits per heavy atom. The fourth-order valence-corrected chi connectivity index (χ4v) is 2.14. The summed E-state index contributed by atoms with van der Waals surface area (Å²) in [4.78, 5) is 23.9. The Labute approximate surface area is 65.0 Å². The van der Waals surface area contributed by atoms with E-state index in [0.29, 0.717) is 5.08 Å². The van der Waals surface area contributed by atoms with Crippen LogP contribution in [-0.2, 0) is 9.59 Å². The van der Waals surface area contributed by atoms with Crippen molar-refractivity contribution in [3.63, 3.8) is 0 Å². The van der Waals surface area contributed by atoms with Crippen LogP contribution in [0, 0.1) is 0 Å². The van der Waals surface area contributed by atoms with Crippen LogP contribution in [-0.4, -0.2) is 25.8 Å². The van der Waals surface area contributed by atoms with E-state index < -0.39 is 10.2 Å². The predicted molar refractivity (Wildman–Crippen MR) is 38.7 cm³/mol. The molecule has 0 aromatic rings. The van der Waals surface area contributed by atoms with Gasteiger partial charge in [0.25, 0.3) is 0 Å². The molecule has 0 spiro atoms. The Morgan fingerprint density at radius 2 is 1.80 bits per heavy atom. The van der Waals surface area contributed by atoms with Crippen molar-refractivity contribution in [2.75, 3.05) is 5.08 Å². The van der Waals surface area contributed by atoms with Gasteiger partial charge in [0.15, 0.2) is 0 Å². The van der Waals surface area contributed by atoms with Crippen LogP contribution in [0.3, 0.4) is 0 Å². The largest absolute Gasteiger partial charge is 0.422 e. The number of carbonyl (C=O) groups is 2. The third-order valence-corrected chi connectivity index (χ3v) is 2.72. The van der Waals surface area contributed by atoms with Gasteiger partial charge in [-0.1, -0.05) is 23.5 Å². The zero-order chi connectivity index (χ0) is 7.56. The van der Waals surface area contributed by atoms with Gasteiger partial charge in [-0.3, -0.25) is 9.59 Å². The zero-order valence-corrected chi connectivity index (χ0v) is 6.37. The zero-order valence-electron chi connectivity index (χ0n) is 4.73. The van der Waals surface area contributed by atoms with Crippen molar-refractivity contribution in [3.8, 4) is 0 Å². The number of nitrogens with zero attached hydrogens (tertiary/aromatic N) is 2. The van der Waals surface area contributed by atoms with E-state index in [9.17, 15) is 9.59 Å². The Balaban J connectivity index is 2.94. The van der Waals surface area contributed by atoms with E-state index in [0.717, 1.165) is 23.5 Å². The van der Waals surface area contributed by atoms with Crippen molar-refractivity contribution >= 4 is 39.5 Å². The lowest BCUT2D eigenvalue weighted by Crippen LogP contribution is -2.24. The van der Waals surface area contributed by atoms with Crippen LogP contribution in [0.2, 0.25) is 0 Å². The molecule has 1 rings (SSSR count). The molecule has 10 heavy (non-hydrogen) atoms. The molecule has 6 heteroatoms. The number of carbonyl (C=O) groups excluding carboxylic acids is 2. The van der Waals surface area contributed by atoms with Crippen LogP contribution in [0.15, 0.2) is 0 Å². The highest BCUT2D eigenvalue weighted by atomic mass is 32.2. The highest BCUT2D eigenvalue weighted by molar-refractivity contribution is 8.33. The van der Waals surface area contributed by atoms with Crippen molar-refractivity contribution in [2.24, 2.45) is 0 Å². The quantitative estimate of drug-likeness (QED) is 0.387. The second-order valence-electron chi connectivity index (χ2n) is 1.43. The summed E-state index contributed by atoms with van der Waals surface area (Å²) in [5.74, 6) is 0. The summed E-state index contributed by atoms with van der Waals surface area (Å²) in [5, 5.41) is -0.492. The molecule has 0 saturated carbocycles. The molecule has 52 valence electrons. The minimum Gasteiger partial charge on any atom is -0.360 e. The molecule has 0 aliphatic carbocycles. The van der Waals surface area contributed by atoms with Crippen LogP contribution >= 0.6 is 23.5 Å². The maximum atomic E-state index is 10.7. The molecule has 0 aromatic carbocycles. The van der Waals surface area contributed by atoms with Gasteiger partial charge in [0, 0.05) is 0 Å². The molecule has 0 bridgehead atoms. The maximum Gasteiger partial charge on any atom is 0.422 e. The molecule has 1 heterocycles. The summed E-state index contributed by atoms with van der Waals surface area (Å²) in [6, 6.07) is 0. The van der Waals surface area contributed by atoms with Gasteiger partial charge in [-0.05, 0) is 0 Å². The predicted octanol–water partition coefficient (Wildman–Crippen LogP) is 0.148. The molecule has 1 aliphatic rings. The monoisotopic (exact) mass is 174 g/mol. The molecular formula is C4H2N2O2S2. The topological polar surface area (TPSA) is 70.5 Å². The van der Waals surface area contributed by atoms with E-state index in [1.807, 2.05) is 0 Å². The second-order valence-corrected chi connectivity index (χ2v) is 3.69. The molecule has 0 unspecified atom stereocenters. The number of rotatable bonds is 0. The maximum absolute atomic E-state index is 10.7. The molecular weight excluding hydrogens is 172 g/mol. The molecule has 1 fully saturated rings. The van der Waals surface area contributed by atoms with E-state index in [-0.39, 0.29) is 5.71 Å². The van der Waals surface area contributed by atoms with Gasteiger partial charge in [-0.2, -0.15) is 4.79 Å². The summed E-state index contributed by atoms with van der Waals surface area (Å²) in [6.45, 7) is 0. The summed E-state index contributed by atoms with van der Waals surface area (Å²) in [7, 11) is 0. The van der Waals surface area contributed by atoms with Crippen LogP contribution in [0.5, 0.6) is 0 Å². The van der Waals surface area contributed by atoms with Gasteiger partial charge in [-0.25, -0.2) is 0 Å². The van der Waals surface area contributed by atoms with E-state index in [4.69, 9.17) is 5.53 Å². The van der Waals surface area contributed by atoms with E-state index >= 15 is 0 Å². The first-order valence-corrected chi connectivity index (χ1v) is 4.29. The molecule has 0 atom stereocenters. The van der Waals surface area contributed by atoms with E-state index in [1.165, 1.54) is 0 Å². The number of hydrogen-bond acceptors (Lipinski definition) is 4. The van der Waals surface area contributed by atoms with Gasteiger partial charge >= 0.3 is 15.9 Å². The van der Waals surface area contributed by atoms with Crippen LogP contribution in [0.25, 0.3) is 5.53 Å². The molecule has 0 aromatic heterocycles. The van der Waals surface area contributed by atoms with Crippen molar-refractivity contribution in [1.82, 2.24) is 0 Å². The normalized spacial score (nSPS) is 19.0. The third kappa shape index (κ3) is 1.29. The average molecular weight is 174 g/mol. The summed E-state index contributed by atoms with van der Waals surface area (Å²) < 4.78 is 0. The third-order valence-electron chi connectivity index (χ3n) is 0.867. The molecule has 0 N–H and O–H groups in total. The minimum absolute atomic E-state index is 0.360. The average Bonchev–Trinajstić information content (AvgIpc) is 1.88. The van der Waals surface area contributed by atoms with Crippen molar-refractivity contribution in [2.45, 2.75) is 0 Å². The standard InChI is InChI=1S/C4H2N2O2S2/c5-6-2-3(7)9-1-10-4(2)8/h1H2. The highest BCUT2D eigenvalue weighted by Gasteiger charge is 2.34. The van der Waals surface area contributed by atoms with Gasteiger partial charge in [0.2, 0.25) is 0 Å². The highest BCUT2D eigenvalue weighted by Crippen LogP contribution is 2.21. The minimum atomic E-state index is -0.453. The van der Waals surface area contributed by atoms with Gasteiger partial charge in [0.05, 0.1) is 5.08 Å². The smallest absolute Gasteiger partial charge is 0.360 e. The van der Waals surface area contributed by atoms with E-state index in [2.05, 4.69) is 4.79 Å². The second kappa shape index (κ2) is 3.01. The Kier molecular flexibility index (Phi) is 2.26. The number of thioether (sulfide) groups is 2. The summed E-state index contributed by atoms with van der Waals surface area (Å²) in [6.07, 6.45) is 0. The fraction of sp³-hybridized carbons (Fsp3) is 0.250. The first-order chi connectivity index (χ1) is 4.75. The van der Waals surface area contributed by atoms with Gasteiger partial charge < -0.3 is 5.53 Å². The van der Waals surface area contributed by atoms with Crippen LogP contribution in [0.4, 0.5) is 0 Å². The molecule has 1 aliphatic heterocycles. The lowest BCUT2D eigenvalue weighted by atomic mass is 10.5. The lowest BCUT2D eigenvalue weighted by Gasteiger charge is -1.99. The first-order valence-electron chi connectivity index (χ1n) is 2.32. The molecule has 0 amide bonds. The van der Waals surface area contributed by atoms with Gasteiger partial charge in [0.1, 0.15) is 0 Å². The molecule has 4 nitrogen and oxygen atoms in total. The van der Waals surface area contributed by atoms with Crippen LogP contribution < -0.4 is 0 Å². The lowest BCUT2D eigenvalue weighted by molar-refractivity contribution is -0.116.